The van der Waals surface area contributed by atoms with E-state index in [0.29, 0.717) is 18.2 Å². The highest BCUT2D eigenvalue weighted by atomic mass is 32.1. The first-order chi connectivity index (χ1) is 15.0. The first-order valence-corrected chi connectivity index (χ1v) is 13.5. The van der Waals surface area contributed by atoms with Crippen LogP contribution >= 0.6 is 12.6 Å². The zero-order valence-electron chi connectivity index (χ0n) is 19.7. The van der Waals surface area contributed by atoms with Crippen molar-refractivity contribution < 1.29 is 14.7 Å². The summed E-state index contributed by atoms with van der Waals surface area (Å²) in [5.41, 5.74) is 0. The van der Waals surface area contributed by atoms with Gasteiger partial charge in [-0.05, 0) is 44.4 Å². The zero-order chi connectivity index (χ0) is 22.5. The Bertz CT molecular complexity index is 497. The number of carbonyl (C=O) groups is 2. The van der Waals surface area contributed by atoms with Gasteiger partial charge in [-0.2, -0.15) is 12.6 Å². The minimum absolute atomic E-state index is 0.0852. The van der Waals surface area contributed by atoms with Crippen LogP contribution in [0.3, 0.4) is 0 Å². The smallest absolute Gasteiger partial charge is 0.323 e. The van der Waals surface area contributed by atoms with Crippen molar-refractivity contribution in [1.29, 1.82) is 0 Å². The number of hydrogen-bond acceptors (Lipinski definition) is 4. The summed E-state index contributed by atoms with van der Waals surface area (Å²) in [5, 5.41) is 12.8. The van der Waals surface area contributed by atoms with Gasteiger partial charge in [-0.15, -0.1) is 0 Å². The first kappa shape index (κ1) is 26.5. The summed E-state index contributed by atoms with van der Waals surface area (Å²) in [6, 6.07) is 1.74. The van der Waals surface area contributed by atoms with Crippen molar-refractivity contribution in [2.45, 2.75) is 115 Å². The number of carboxylic acid groups (broad SMARTS) is 1. The van der Waals surface area contributed by atoms with Crippen molar-refractivity contribution in [1.82, 2.24) is 10.2 Å². The molecule has 1 unspecified atom stereocenters. The Morgan fingerprint density at radius 1 is 0.871 bits per heavy atom. The third kappa shape index (κ3) is 10.6. The Balaban J connectivity index is 0.000000231. The van der Waals surface area contributed by atoms with Gasteiger partial charge in [0.2, 0.25) is 5.91 Å². The molecule has 2 N–H and O–H groups in total. The topological polar surface area (TPSA) is 69.6 Å². The number of aliphatic carboxylic acids is 1. The maximum absolute atomic E-state index is 12.1. The maximum atomic E-state index is 12.1. The van der Waals surface area contributed by atoms with Crippen LogP contribution in [0.15, 0.2) is 0 Å². The van der Waals surface area contributed by atoms with E-state index in [1.165, 1.54) is 88.4 Å². The molecule has 0 saturated heterocycles. The molecule has 3 aliphatic rings. The van der Waals surface area contributed by atoms with E-state index < -0.39 is 5.97 Å². The van der Waals surface area contributed by atoms with E-state index in [1.807, 2.05) is 0 Å². The molecular formula is C25H46N2O3S. The van der Waals surface area contributed by atoms with Crippen molar-refractivity contribution in [3.63, 3.8) is 0 Å². The van der Waals surface area contributed by atoms with Gasteiger partial charge in [0.15, 0.2) is 0 Å². The molecule has 0 spiro atoms. The van der Waals surface area contributed by atoms with E-state index in [-0.39, 0.29) is 18.4 Å². The predicted molar refractivity (Wildman–Crippen MR) is 131 cm³/mol. The highest BCUT2D eigenvalue weighted by Gasteiger charge is 2.25. The van der Waals surface area contributed by atoms with Gasteiger partial charge in [0, 0.05) is 30.3 Å². The molecule has 180 valence electrons. The van der Waals surface area contributed by atoms with E-state index >= 15 is 0 Å². The minimum Gasteiger partial charge on any atom is -0.480 e. The molecule has 3 fully saturated rings. The molecule has 0 aromatic rings. The Hall–Kier alpha value is -0.750. The van der Waals surface area contributed by atoms with Gasteiger partial charge >= 0.3 is 5.97 Å². The van der Waals surface area contributed by atoms with Crippen molar-refractivity contribution in [2.24, 2.45) is 11.8 Å². The number of nitrogens with zero attached hydrogens (tertiary/aromatic N) is 1. The average Bonchev–Trinajstić information content (AvgIpc) is 2.80. The summed E-state index contributed by atoms with van der Waals surface area (Å²) >= 11 is 4.11. The van der Waals surface area contributed by atoms with Crippen LogP contribution < -0.4 is 5.32 Å². The summed E-state index contributed by atoms with van der Waals surface area (Å²) in [7, 11) is 0. The normalized spacial score (nSPS) is 22.3. The van der Waals surface area contributed by atoms with Gasteiger partial charge in [0.05, 0.1) is 0 Å². The molecule has 1 atom stereocenters. The highest BCUT2D eigenvalue weighted by molar-refractivity contribution is 7.80. The lowest BCUT2D eigenvalue weighted by Gasteiger charge is -2.30. The van der Waals surface area contributed by atoms with E-state index in [1.54, 1.807) is 6.92 Å². The third-order valence-electron chi connectivity index (χ3n) is 7.22. The first-order valence-electron chi connectivity index (χ1n) is 12.9. The SMILES string of the molecule is C1CCC(NC2CCCCC2)CC1.CC(CS)C(=O)N(CC(=O)O)CC1CCCCC1. The van der Waals surface area contributed by atoms with Crippen LogP contribution in [0.2, 0.25) is 0 Å². The molecule has 0 aromatic carbocycles. The van der Waals surface area contributed by atoms with Gasteiger partial charge in [0.25, 0.3) is 0 Å². The standard InChI is InChI=1S/C13H23NO3S.C12H23N/c1-10(9-18)13(17)14(8-12(15)16)7-11-5-3-2-4-6-11;1-3-7-11(8-4-1)13-12-9-5-2-6-10-12/h10-11,18H,2-9H2,1H3,(H,15,16);11-13H,1-10H2. The summed E-state index contributed by atoms with van der Waals surface area (Å²) in [4.78, 5) is 24.5. The van der Waals surface area contributed by atoms with Gasteiger partial charge < -0.3 is 15.3 Å². The quantitative estimate of drug-likeness (QED) is 0.436. The van der Waals surface area contributed by atoms with Gasteiger partial charge in [-0.1, -0.05) is 64.7 Å². The number of nitrogens with one attached hydrogen (secondary N) is 1. The summed E-state index contributed by atoms with van der Waals surface area (Å²) in [5.74, 6) is -0.312. The Labute approximate surface area is 195 Å². The molecule has 0 radical (unpaired) electrons. The van der Waals surface area contributed by atoms with Crippen LogP contribution in [0.4, 0.5) is 0 Å². The summed E-state index contributed by atoms with van der Waals surface area (Å²) in [6.07, 6.45) is 20.4. The molecular weight excluding hydrogens is 408 g/mol. The van der Waals surface area contributed by atoms with E-state index in [9.17, 15) is 9.59 Å². The van der Waals surface area contributed by atoms with Crippen LogP contribution in [0.25, 0.3) is 0 Å². The molecule has 3 aliphatic carbocycles. The summed E-state index contributed by atoms with van der Waals surface area (Å²) < 4.78 is 0. The predicted octanol–water partition coefficient (Wildman–Crippen LogP) is 5.29. The van der Waals surface area contributed by atoms with Crippen molar-refractivity contribution in [3.05, 3.63) is 0 Å². The lowest BCUT2D eigenvalue weighted by Crippen LogP contribution is -2.42. The molecule has 3 saturated carbocycles. The Morgan fingerprint density at radius 2 is 1.32 bits per heavy atom. The van der Waals surface area contributed by atoms with Crippen molar-refractivity contribution >= 4 is 24.5 Å². The Kier molecular flexibility index (Phi) is 13.0. The molecule has 1 amide bonds. The number of carboxylic acids is 1. The second kappa shape index (κ2) is 15.2. The minimum atomic E-state index is -0.939. The van der Waals surface area contributed by atoms with Crippen LogP contribution in [0.1, 0.15) is 103 Å². The van der Waals surface area contributed by atoms with Gasteiger partial charge in [-0.3, -0.25) is 9.59 Å². The highest BCUT2D eigenvalue weighted by Crippen LogP contribution is 2.25. The molecule has 0 aliphatic heterocycles. The van der Waals surface area contributed by atoms with Gasteiger partial charge in [0.1, 0.15) is 6.54 Å². The van der Waals surface area contributed by atoms with E-state index in [2.05, 4.69) is 17.9 Å². The fourth-order valence-corrected chi connectivity index (χ4v) is 5.49. The van der Waals surface area contributed by atoms with Crippen LogP contribution in [-0.2, 0) is 9.59 Å². The maximum Gasteiger partial charge on any atom is 0.323 e. The number of thiol groups is 1. The number of hydrogen-bond donors (Lipinski definition) is 3. The number of rotatable bonds is 8. The van der Waals surface area contributed by atoms with Crippen molar-refractivity contribution in [2.75, 3.05) is 18.8 Å². The monoisotopic (exact) mass is 454 g/mol. The van der Waals surface area contributed by atoms with Crippen LogP contribution in [-0.4, -0.2) is 52.8 Å². The fraction of sp³-hybridized carbons (Fsp3) is 0.920. The number of carbonyl (C=O) groups excluding carboxylic acids is 1. The Morgan fingerprint density at radius 3 is 1.74 bits per heavy atom. The lowest BCUT2D eigenvalue weighted by atomic mass is 9.88. The molecule has 0 heterocycles. The molecule has 31 heavy (non-hydrogen) atoms. The number of amides is 1. The van der Waals surface area contributed by atoms with E-state index in [4.69, 9.17) is 5.11 Å². The summed E-state index contributed by atoms with van der Waals surface area (Å²) in [6.45, 7) is 2.20. The molecule has 6 heteroatoms. The third-order valence-corrected chi connectivity index (χ3v) is 7.77. The van der Waals surface area contributed by atoms with Crippen LogP contribution in [0, 0.1) is 11.8 Å². The van der Waals surface area contributed by atoms with E-state index in [0.717, 1.165) is 24.9 Å². The fourth-order valence-electron chi connectivity index (χ4n) is 5.34. The van der Waals surface area contributed by atoms with Crippen LogP contribution in [0.5, 0.6) is 0 Å². The molecule has 0 bridgehead atoms. The second-order valence-corrected chi connectivity index (χ2v) is 10.4. The second-order valence-electron chi connectivity index (χ2n) is 10.0. The van der Waals surface area contributed by atoms with Gasteiger partial charge in [-0.25, -0.2) is 0 Å². The largest absolute Gasteiger partial charge is 0.480 e. The lowest BCUT2D eigenvalue weighted by molar-refractivity contribution is -0.146. The molecule has 3 rings (SSSR count). The average molecular weight is 455 g/mol. The molecule has 0 aromatic heterocycles. The van der Waals surface area contributed by atoms with Crippen molar-refractivity contribution in [3.8, 4) is 0 Å². The molecule has 5 nitrogen and oxygen atoms in total. The zero-order valence-corrected chi connectivity index (χ0v) is 20.6.